The molecule has 64 valence electrons. The molecule has 1 rings (SSSR count). The van der Waals surface area contributed by atoms with E-state index in [0.717, 1.165) is 0 Å². The summed E-state index contributed by atoms with van der Waals surface area (Å²) in [5.74, 6) is 0. The summed E-state index contributed by atoms with van der Waals surface area (Å²) in [5.41, 5.74) is 0. The summed E-state index contributed by atoms with van der Waals surface area (Å²) < 4.78 is 5.00. The predicted octanol–water partition coefficient (Wildman–Crippen LogP) is 0.907. The summed E-state index contributed by atoms with van der Waals surface area (Å²) in [7, 11) is 0. The summed E-state index contributed by atoms with van der Waals surface area (Å²) in [5, 5.41) is 11.7. The number of allylic oxidation sites excluding steroid dienone is 1. The molecule has 3 nitrogen and oxygen atoms in total. The molecular weight excluding hydrogens is 142 g/mol. The van der Waals surface area contributed by atoms with E-state index in [2.05, 4.69) is 0 Å². The fraction of sp³-hybridized carbons (Fsp3) is 0.750. The Hall–Kier alpha value is -0.380. The number of nitrogens with zero attached hydrogens (tertiary/aromatic N) is 1. The average molecular weight is 157 g/mol. The van der Waals surface area contributed by atoms with E-state index >= 15 is 0 Å². The van der Waals surface area contributed by atoms with Gasteiger partial charge in [0.1, 0.15) is 13.1 Å². The van der Waals surface area contributed by atoms with E-state index in [0.29, 0.717) is 32.8 Å². The summed E-state index contributed by atoms with van der Waals surface area (Å²) in [6.07, 6.45) is 3.85. The van der Waals surface area contributed by atoms with Gasteiger partial charge >= 0.3 is 0 Å². The molecule has 0 aromatic heterocycles. The van der Waals surface area contributed by atoms with Gasteiger partial charge in [0.05, 0.1) is 19.8 Å². The Bertz CT molecular complexity index is 139. The topological polar surface area (TPSA) is 32.3 Å². The largest absolute Gasteiger partial charge is 0.632 e. The van der Waals surface area contributed by atoms with Crippen molar-refractivity contribution >= 4 is 0 Å². The molecule has 1 aliphatic rings. The summed E-state index contributed by atoms with van der Waals surface area (Å²) in [4.78, 5) is 0. The van der Waals surface area contributed by atoms with E-state index in [4.69, 9.17) is 4.74 Å². The molecule has 0 radical (unpaired) electrons. The molecule has 0 bridgehead atoms. The molecular formula is C8H15NO2. The van der Waals surface area contributed by atoms with Crippen LogP contribution < -0.4 is 0 Å². The first-order chi connectivity index (χ1) is 5.27. The van der Waals surface area contributed by atoms with Crippen molar-refractivity contribution < 1.29 is 9.38 Å². The van der Waals surface area contributed by atoms with Crippen molar-refractivity contribution in [3.05, 3.63) is 17.4 Å². The highest BCUT2D eigenvalue weighted by Crippen LogP contribution is 2.08. The van der Waals surface area contributed by atoms with Crippen LogP contribution in [0.2, 0.25) is 0 Å². The first-order valence-corrected chi connectivity index (χ1v) is 4.03. The van der Waals surface area contributed by atoms with Crippen molar-refractivity contribution in [3.63, 3.8) is 0 Å². The van der Waals surface area contributed by atoms with Crippen molar-refractivity contribution in [1.29, 1.82) is 0 Å². The minimum Gasteiger partial charge on any atom is -0.632 e. The van der Waals surface area contributed by atoms with E-state index in [1.165, 1.54) is 0 Å². The lowest BCUT2D eigenvalue weighted by atomic mass is 10.4. The Labute approximate surface area is 67.4 Å². The Morgan fingerprint density at radius 3 is 2.64 bits per heavy atom. The monoisotopic (exact) mass is 157 g/mol. The Balaban J connectivity index is 2.37. The van der Waals surface area contributed by atoms with E-state index in [9.17, 15) is 5.21 Å². The van der Waals surface area contributed by atoms with Crippen molar-refractivity contribution in [2.75, 3.05) is 32.8 Å². The van der Waals surface area contributed by atoms with Gasteiger partial charge in [-0.15, -0.1) is 0 Å². The molecule has 0 aliphatic carbocycles. The van der Waals surface area contributed by atoms with Crippen LogP contribution in [0.15, 0.2) is 12.2 Å². The van der Waals surface area contributed by atoms with Gasteiger partial charge in [0.15, 0.2) is 0 Å². The Morgan fingerprint density at radius 1 is 1.45 bits per heavy atom. The molecule has 0 aromatic rings. The van der Waals surface area contributed by atoms with Gasteiger partial charge < -0.3 is 14.6 Å². The van der Waals surface area contributed by atoms with Crippen LogP contribution in [0.4, 0.5) is 0 Å². The zero-order valence-electron chi connectivity index (χ0n) is 6.95. The standard InChI is InChI=1S/C8H15NO2/c1-2-3-4-9(10)5-7-11-8-6-9/h2-3H,4-8H2,1H3. The highest BCUT2D eigenvalue weighted by molar-refractivity contribution is 4.77. The highest BCUT2D eigenvalue weighted by atomic mass is 16.6. The van der Waals surface area contributed by atoms with Gasteiger partial charge in [0.2, 0.25) is 0 Å². The second-order valence-corrected chi connectivity index (χ2v) is 2.87. The Kier molecular flexibility index (Phi) is 3.05. The van der Waals surface area contributed by atoms with Crippen LogP contribution in [0.25, 0.3) is 0 Å². The van der Waals surface area contributed by atoms with E-state index in [-0.39, 0.29) is 4.65 Å². The van der Waals surface area contributed by atoms with Gasteiger partial charge in [0, 0.05) is 0 Å². The summed E-state index contributed by atoms with van der Waals surface area (Å²) >= 11 is 0. The van der Waals surface area contributed by atoms with Gasteiger partial charge in [-0.25, -0.2) is 0 Å². The van der Waals surface area contributed by atoms with Crippen molar-refractivity contribution in [3.8, 4) is 0 Å². The van der Waals surface area contributed by atoms with Gasteiger partial charge in [0.25, 0.3) is 0 Å². The van der Waals surface area contributed by atoms with Gasteiger partial charge in [-0.2, -0.15) is 0 Å². The van der Waals surface area contributed by atoms with Crippen LogP contribution in [0, 0.1) is 5.21 Å². The minimum absolute atomic E-state index is 0.107. The third kappa shape index (κ3) is 2.61. The average Bonchev–Trinajstić information content (AvgIpc) is 2.03. The maximum atomic E-state index is 11.7. The van der Waals surface area contributed by atoms with E-state index in [1.807, 2.05) is 19.1 Å². The van der Waals surface area contributed by atoms with Crippen LogP contribution >= 0.6 is 0 Å². The van der Waals surface area contributed by atoms with E-state index in [1.54, 1.807) is 0 Å². The summed E-state index contributed by atoms with van der Waals surface area (Å²) in [6, 6.07) is 0. The number of hydrogen-bond acceptors (Lipinski definition) is 2. The molecule has 11 heavy (non-hydrogen) atoms. The smallest absolute Gasteiger partial charge is 0.102 e. The molecule has 1 saturated heterocycles. The lowest BCUT2D eigenvalue weighted by Crippen LogP contribution is -2.50. The fourth-order valence-electron chi connectivity index (χ4n) is 1.16. The third-order valence-electron chi connectivity index (χ3n) is 1.96. The van der Waals surface area contributed by atoms with Gasteiger partial charge in [-0.05, 0) is 13.0 Å². The highest BCUT2D eigenvalue weighted by Gasteiger charge is 2.18. The van der Waals surface area contributed by atoms with Crippen molar-refractivity contribution in [2.45, 2.75) is 6.92 Å². The van der Waals surface area contributed by atoms with Crippen LogP contribution in [0.1, 0.15) is 6.92 Å². The molecule has 1 fully saturated rings. The normalized spacial score (nSPS) is 24.2. The molecule has 1 aliphatic heterocycles. The van der Waals surface area contributed by atoms with Crippen LogP contribution in [-0.4, -0.2) is 37.5 Å². The molecule has 0 spiro atoms. The molecule has 0 N–H and O–H groups in total. The maximum Gasteiger partial charge on any atom is 0.102 e. The zero-order valence-corrected chi connectivity index (χ0v) is 6.95. The number of ether oxygens (including phenoxy) is 1. The predicted molar refractivity (Wildman–Crippen MR) is 43.9 cm³/mol. The number of rotatable bonds is 2. The van der Waals surface area contributed by atoms with Crippen LogP contribution in [0.5, 0.6) is 0 Å². The van der Waals surface area contributed by atoms with Crippen molar-refractivity contribution in [1.82, 2.24) is 0 Å². The first kappa shape index (κ1) is 8.71. The van der Waals surface area contributed by atoms with Crippen LogP contribution in [0.3, 0.4) is 0 Å². The Morgan fingerprint density at radius 2 is 2.09 bits per heavy atom. The molecule has 0 atom stereocenters. The zero-order chi connectivity index (χ0) is 8.16. The molecule has 1 heterocycles. The molecule has 0 aromatic carbocycles. The van der Waals surface area contributed by atoms with Gasteiger partial charge in [-0.3, -0.25) is 0 Å². The lowest BCUT2D eigenvalue weighted by Gasteiger charge is -2.44. The van der Waals surface area contributed by atoms with Crippen molar-refractivity contribution in [2.24, 2.45) is 0 Å². The lowest BCUT2D eigenvalue weighted by molar-refractivity contribution is -0.882. The quantitative estimate of drug-likeness (QED) is 0.339. The third-order valence-corrected chi connectivity index (χ3v) is 1.96. The number of quaternary nitrogens is 1. The fourth-order valence-corrected chi connectivity index (χ4v) is 1.16. The maximum absolute atomic E-state index is 11.7. The second-order valence-electron chi connectivity index (χ2n) is 2.87. The van der Waals surface area contributed by atoms with Gasteiger partial charge in [-0.1, -0.05) is 6.08 Å². The van der Waals surface area contributed by atoms with Crippen LogP contribution in [-0.2, 0) is 4.74 Å². The second kappa shape index (κ2) is 3.85. The molecule has 0 unspecified atom stereocenters. The number of hydroxylamine groups is 3. The SMILES string of the molecule is CC=CC[N+]1([O-])CCOCC1. The number of morpholine rings is 1. The minimum atomic E-state index is -0.107. The molecule has 3 heteroatoms. The van der Waals surface area contributed by atoms with E-state index < -0.39 is 0 Å². The summed E-state index contributed by atoms with van der Waals surface area (Å²) in [6.45, 7) is 4.96. The number of hydrogen-bond donors (Lipinski definition) is 0. The molecule has 0 amide bonds. The first-order valence-electron chi connectivity index (χ1n) is 4.03. The molecule has 0 saturated carbocycles.